The molecule has 118 valence electrons. The molecule has 22 heavy (non-hydrogen) atoms. The Kier molecular flexibility index (Phi) is 4.80. The van der Waals surface area contributed by atoms with Crippen LogP contribution in [0.4, 0.5) is 17.1 Å². The van der Waals surface area contributed by atoms with Crippen LogP contribution in [0, 0.1) is 4.51 Å². The molecule has 3 rings (SSSR count). The summed E-state index contributed by atoms with van der Waals surface area (Å²) in [6.07, 6.45) is 0. The van der Waals surface area contributed by atoms with Gasteiger partial charge in [0.2, 0.25) is 0 Å². The minimum absolute atomic E-state index is 0. The molecule has 1 atom stereocenters. The molecule has 1 unspecified atom stereocenters. The number of anilines is 2. The third-order valence-electron chi connectivity index (χ3n) is 3.55. The van der Waals surface area contributed by atoms with E-state index in [2.05, 4.69) is 46.2 Å². The van der Waals surface area contributed by atoms with E-state index in [1.165, 1.54) is 0 Å². The van der Waals surface area contributed by atoms with Crippen LogP contribution in [0.2, 0.25) is 0 Å². The molecule has 0 saturated heterocycles. The second-order valence-electron chi connectivity index (χ2n) is 5.46. The molecule has 1 aliphatic heterocycles. The fourth-order valence-corrected chi connectivity index (χ4v) is 4.30. The lowest BCUT2D eigenvalue weighted by molar-refractivity contribution is 0.824. The minimum atomic E-state index is -0.469. The van der Waals surface area contributed by atoms with Gasteiger partial charge in [0, 0.05) is 49.0 Å². The summed E-state index contributed by atoms with van der Waals surface area (Å²) in [4.78, 5) is 10.0. The van der Waals surface area contributed by atoms with Crippen molar-refractivity contribution in [3.8, 4) is 0 Å². The largest absolute Gasteiger partial charge is 0.412 e. The van der Waals surface area contributed by atoms with Gasteiger partial charge in [0.1, 0.15) is 0 Å². The first-order chi connectivity index (χ1) is 9.97. The van der Waals surface area contributed by atoms with Crippen LogP contribution in [0.3, 0.4) is 0 Å². The lowest BCUT2D eigenvalue weighted by atomic mass is 10.2. The van der Waals surface area contributed by atoms with E-state index in [0.717, 1.165) is 31.8 Å². The molecule has 2 aromatic carbocycles. The Morgan fingerprint density at radius 2 is 1.50 bits per heavy atom. The van der Waals surface area contributed by atoms with Crippen LogP contribution in [-0.4, -0.2) is 33.7 Å². The van der Waals surface area contributed by atoms with Gasteiger partial charge in [0.25, 0.3) is 0 Å². The molecular weight excluding hydrogens is 318 g/mol. The molecule has 0 saturated carbocycles. The quantitative estimate of drug-likeness (QED) is 0.791. The van der Waals surface area contributed by atoms with Crippen molar-refractivity contribution in [3.05, 3.63) is 46.3 Å². The van der Waals surface area contributed by atoms with E-state index in [1.807, 2.05) is 28.2 Å². The molecule has 0 fully saturated rings. The Morgan fingerprint density at radius 1 is 0.909 bits per heavy atom. The molecule has 0 aromatic heterocycles. The summed E-state index contributed by atoms with van der Waals surface area (Å²) >= 11 is 0. The number of fused-ring (bicyclic) bond motifs is 2. The molecule has 1 aliphatic rings. The molecule has 0 radical (unpaired) electrons. The monoisotopic (exact) mass is 337 g/mol. The van der Waals surface area contributed by atoms with Crippen LogP contribution in [0.15, 0.2) is 46.3 Å². The van der Waals surface area contributed by atoms with Gasteiger partial charge in [-0.1, -0.05) is 9.70 Å². The Hall–Kier alpha value is -1.56. The third kappa shape index (κ3) is 2.84. The molecule has 0 amide bonds. The summed E-state index contributed by atoms with van der Waals surface area (Å²) in [6.45, 7) is 0. The van der Waals surface area contributed by atoms with E-state index in [1.54, 1.807) is 0 Å². The summed E-state index contributed by atoms with van der Waals surface area (Å²) in [5.41, 5.74) is 3.27. The Morgan fingerprint density at radius 3 is 2.14 bits per heavy atom. The zero-order chi connectivity index (χ0) is 15.1. The number of nitrogens with zero attached hydrogens (tertiary/aromatic N) is 3. The van der Waals surface area contributed by atoms with Crippen molar-refractivity contribution in [2.75, 3.05) is 38.0 Å². The second kappa shape index (κ2) is 6.28. The van der Waals surface area contributed by atoms with E-state index < -0.39 is 9.70 Å². The highest BCUT2D eigenvalue weighted by molar-refractivity contribution is 8.29. The van der Waals surface area contributed by atoms with Crippen molar-refractivity contribution in [2.24, 2.45) is 4.99 Å². The second-order valence-corrected chi connectivity index (χ2v) is 7.78. The molecule has 0 bridgehead atoms. The summed E-state index contributed by atoms with van der Waals surface area (Å²) < 4.78 is 1.10. The first-order valence-corrected chi connectivity index (χ1v) is 8.77. The smallest absolute Gasteiger partial charge is 0.0781 e. The van der Waals surface area contributed by atoms with Crippen LogP contribution < -0.4 is 15.2 Å². The van der Waals surface area contributed by atoms with Crippen molar-refractivity contribution in [1.29, 1.82) is 0 Å². The van der Waals surface area contributed by atoms with Gasteiger partial charge in [0.15, 0.2) is 0 Å². The average Bonchev–Trinajstić information content (AvgIpc) is 2.46. The van der Waals surface area contributed by atoms with Gasteiger partial charge in [-0.25, -0.2) is 4.99 Å². The normalized spacial score (nSPS) is 15.0. The van der Waals surface area contributed by atoms with Crippen molar-refractivity contribution >= 4 is 37.4 Å². The predicted molar refractivity (Wildman–Crippen MR) is 96.5 cm³/mol. The Bertz CT molecular complexity index is 834. The van der Waals surface area contributed by atoms with Crippen LogP contribution in [-0.2, 0) is 0 Å². The molecule has 6 heteroatoms. The Balaban J connectivity index is 0.00000176. The fraction of sp³-hybridized carbons (Fsp3) is 0.250. The highest BCUT2D eigenvalue weighted by atomic mass is 35.7. The maximum absolute atomic E-state index is 6.76. The van der Waals surface area contributed by atoms with E-state index in [-0.39, 0.29) is 5.48 Å². The van der Waals surface area contributed by atoms with Crippen molar-refractivity contribution in [2.45, 2.75) is 4.90 Å². The van der Waals surface area contributed by atoms with E-state index in [4.69, 9.17) is 15.7 Å². The summed E-state index contributed by atoms with van der Waals surface area (Å²) in [6, 6.07) is 12.5. The van der Waals surface area contributed by atoms with E-state index in [0.29, 0.717) is 0 Å². The number of rotatable bonds is 2. The van der Waals surface area contributed by atoms with Gasteiger partial charge in [-0.3, -0.25) is 0 Å². The molecular formula is C16H20ClN3OS. The van der Waals surface area contributed by atoms with Gasteiger partial charge in [0.05, 0.1) is 11.0 Å². The van der Waals surface area contributed by atoms with E-state index >= 15 is 0 Å². The predicted octanol–water partition coefficient (Wildman–Crippen LogP) is 2.99. The zero-order valence-corrected chi connectivity index (χ0v) is 14.7. The number of halogens is 1. The summed E-state index contributed by atoms with van der Waals surface area (Å²) in [5, 5.41) is 0.976. The summed E-state index contributed by atoms with van der Waals surface area (Å²) in [7, 11) is 14.4. The van der Waals surface area contributed by atoms with Gasteiger partial charge in [-0.15, -0.1) is 0 Å². The third-order valence-corrected chi connectivity index (χ3v) is 5.97. The highest BCUT2D eigenvalue weighted by Gasteiger charge is 2.13. The topological polar surface area (TPSA) is 50.3 Å². The molecule has 0 aliphatic carbocycles. The number of hydrogen-bond donors (Lipinski definition) is 0. The van der Waals surface area contributed by atoms with Crippen LogP contribution in [0.1, 0.15) is 0 Å². The molecule has 2 aromatic rings. The maximum Gasteiger partial charge on any atom is 0.0781 e. The Labute approximate surface area is 137 Å². The van der Waals surface area contributed by atoms with Crippen LogP contribution >= 0.6 is 20.4 Å². The molecule has 2 N–H and O–H groups in total. The lowest BCUT2D eigenvalue weighted by Crippen LogP contribution is -2.13. The number of benzene rings is 2. The van der Waals surface area contributed by atoms with E-state index in [9.17, 15) is 0 Å². The first kappa shape index (κ1) is 16.8. The standard InChI is InChI=1S/C16H18ClN3S.H2O/c1-19(2)11-5-7-13-15(9-11)21(17)16-10-12(20(3)4)6-8-14(16)18-13;/h5-10H,1-4H3;1H2. The number of hydrogen-bond acceptors (Lipinski definition) is 3. The maximum atomic E-state index is 6.76. The fourth-order valence-electron chi connectivity index (χ4n) is 2.28. The van der Waals surface area contributed by atoms with Gasteiger partial charge in [-0.2, -0.15) is 0 Å². The first-order valence-electron chi connectivity index (χ1n) is 6.72. The van der Waals surface area contributed by atoms with Crippen LogP contribution in [0.5, 0.6) is 0 Å². The van der Waals surface area contributed by atoms with Crippen molar-refractivity contribution in [1.82, 2.24) is 0 Å². The van der Waals surface area contributed by atoms with Gasteiger partial charge >= 0.3 is 0 Å². The van der Waals surface area contributed by atoms with Crippen molar-refractivity contribution < 1.29 is 5.48 Å². The highest BCUT2D eigenvalue weighted by Crippen LogP contribution is 2.44. The van der Waals surface area contributed by atoms with Gasteiger partial charge in [-0.05, 0) is 47.1 Å². The average molecular weight is 338 g/mol. The summed E-state index contributed by atoms with van der Waals surface area (Å²) in [5.74, 6) is 0. The molecule has 0 spiro atoms. The minimum Gasteiger partial charge on any atom is -0.412 e. The van der Waals surface area contributed by atoms with Gasteiger partial charge < -0.3 is 15.3 Å². The van der Waals surface area contributed by atoms with Crippen LogP contribution in [0.25, 0.3) is 0 Å². The molecule has 1 heterocycles. The van der Waals surface area contributed by atoms with Crippen molar-refractivity contribution in [3.63, 3.8) is 0 Å². The zero-order valence-electron chi connectivity index (χ0n) is 13.1. The SMILES string of the molecule is CN(C)c1ccc2c(c1)S(Cl)=c1cc(N(C)C)ccc1=N2.O. The molecule has 4 nitrogen and oxygen atoms in total. The lowest BCUT2D eigenvalue weighted by Gasteiger charge is -2.18.